The molecule has 0 amide bonds. The molecule has 1 rings (SSSR count). The van der Waals surface area contributed by atoms with Crippen LogP contribution in [0.1, 0.15) is 40.5 Å². The van der Waals surface area contributed by atoms with Crippen LogP contribution in [-0.4, -0.2) is 56.5 Å². The number of nitrogens with one attached hydrogen (secondary N) is 1. The van der Waals surface area contributed by atoms with Gasteiger partial charge in [0, 0.05) is 18.6 Å². The van der Waals surface area contributed by atoms with Gasteiger partial charge in [-0.25, -0.2) is 8.42 Å². The molecule has 114 valence electrons. The van der Waals surface area contributed by atoms with Crippen molar-refractivity contribution in [1.29, 1.82) is 0 Å². The fraction of sp³-hybridized carbons (Fsp3) is 1.00. The van der Waals surface area contributed by atoms with Gasteiger partial charge in [0.2, 0.25) is 0 Å². The second-order valence-corrected chi connectivity index (χ2v) is 8.52. The van der Waals surface area contributed by atoms with Gasteiger partial charge < -0.3 is 5.32 Å². The van der Waals surface area contributed by atoms with E-state index in [1.807, 2.05) is 6.92 Å². The Hall–Kier alpha value is -0.130. The first-order valence-electron chi connectivity index (χ1n) is 7.48. The molecule has 0 aromatic heterocycles. The van der Waals surface area contributed by atoms with E-state index in [4.69, 9.17) is 0 Å². The predicted octanol–water partition coefficient (Wildman–Crippen LogP) is 1.52. The smallest absolute Gasteiger partial charge is 0.153 e. The zero-order valence-corrected chi connectivity index (χ0v) is 13.7. The molecule has 0 aromatic rings. The van der Waals surface area contributed by atoms with Gasteiger partial charge >= 0.3 is 0 Å². The average molecular weight is 290 g/mol. The molecule has 0 spiro atoms. The number of hydrogen-bond donors (Lipinski definition) is 1. The highest BCUT2D eigenvalue weighted by molar-refractivity contribution is 7.91. The van der Waals surface area contributed by atoms with Gasteiger partial charge in [0.25, 0.3) is 0 Å². The molecule has 0 aromatic carbocycles. The van der Waals surface area contributed by atoms with Crippen LogP contribution in [0.3, 0.4) is 0 Å². The lowest BCUT2D eigenvalue weighted by atomic mass is 10.1. The summed E-state index contributed by atoms with van der Waals surface area (Å²) in [5.74, 6) is 1.35. The predicted molar refractivity (Wildman–Crippen MR) is 81.2 cm³/mol. The van der Waals surface area contributed by atoms with Gasteiger partial charge in [0.05, 0.1) is 11.5 Å². The minimum Gasteiger partial charge on any atom is -0.316 e. The van der Waals surface area contributed by atoms with Gasteiger partial charge in [-0.1, -0.05) is 13.8 Å². The maximum absolute atomic E-state index is 11.6. The molecule has 1 heterocycles. The molecular formula is C14H30N2O2S. The van der Waals surface area contributed by atoms with Crippen LogP contribution in [0.2, 0.25) is 0 Å². The second-order valence-electron chi connectivity index (χ2n) is 6.29. The fourth-order valence-electron chi connectivity index (χ4n) is 2.75. The Morgan fingerprint density at radius 1 is 1.32 bits per heavy atom. The first-order chi connectivity index (χ1) is 8.82. The van der Waals surface area contributed by atoms with Crippen LogP contribution in [0.15, 0.2) is 0 Å². The van der Waals surface area contributed by atoms with E-state index in [-0.39, 0.29) is 6.04 Å². The summed E-state index contributed by atoms with van der Waals surface area (Å²) < 4.78 is 23.1. The van der Waals surface area contributed by atoms with Gasteiger partial charge in [-0.2, -0.15) is 0 Å². The third-order valence-electron chi connectivity index (χ3n) is 3.82. The normalized spacial score (nSPS) is 25.6. The lowest BCUT2D eigenvalue weighted by molar-refractivity contribution is 0.159. The molecule has 4 nitrogen and oxygen atoms in total. The van der Waals surface area contributed by atoms with Crippen LogP contribution < -0.4 is 5.32 Å². The SMILES string of the molecule is CC(C)CNCCCC(C)N1CCS(=O)(=O)CC1C. The first-order valence-corrected chi connectivity index (χ1v) is 9.31. The molecule has 19 heavy (non-hydrogen) atoms. The Morgan fingerprint density at radius 3 is 2.58 bits per heavy atom. The average Bonchev–Trinajstić information content (AvgIpc) is 2.26. The van der Waals surface area contributed by atoms with Gasteiger partial charge in [-0.3, -0.25) is 4.90 Å². The van der Waals surface area contributed by atoms with Crippen molar-refractivity contribution in [3.8, 4) is 0 Å². The van der Waals surface area contributed by atoms with Crippen LogP contribution in [0.25, 0.3) is 0 Å². The monoisotopic (exact) mass is 290 g/mol. The molecule has 2 unspecified atom stereocenters. The van der Waals surface area contributed by atoms with E-state index in [0.29, 0.717) is 30.0 Å². The van der Waals surface area contributed by atoms with Crippen LogP contribution in [0, 0.1) is 5.92 Å². The number of hydrogen-bond acceptors (Lipinski definition) is 4. The third kappa shape index (κ3) is 6.23. The van der Waals surface area contributed by atoms with Crippen molar-refractivity contribution in [2.24, 2.45) is 5.92 Å². The van der Waals surface area contributed by atoms with Crippen LogP contribution in [-0.2, 0) is 9.84 Å². The van der Waals surface area contributed by atoms with E-state index in [1.54, 1.807) is 0 Å². The summed E-state index contributed by atoms with van der Waals surface area (Å²) in [4.78, 5) is 2.35. The summed E-state index contributed by atoms with van der Waals surface area (Å²) in [5.41, 5.74) is 0. The summed E-state index contributed by atoms with van der Waals surface area (Å²) in [6.07, 6.45) is 2.29. The Morgan fingerprint density at radius 2 is 2.00 bits per heavy atom. The molecule has 0 saturated carbocycles. The molecule has 1 aliphatic heterocycles. The number of nitrogens with zero attached hydrogens (tertiary/aromatic N) is 1. The highest BCUT2D eigenvalue weighted by atomic mass is 32.2. The number of rotatable bonds is 7. The van der Waals surface area contributed by atoms with Crippen molar-refractivity contribution in [3.63, 3.8) is 0 Å². The molecule has 1 aliphatic rings. The molecule has 2 atom stereocenters. The molecule has 0 bridgehead atoms. The van der Waals surface area contributed by atoms with Crippen LogP contribution >= 0.6 is 0 Å². The molecule has 1 saturated heterocycles. The van der Waals surface area contributed by atoms with E-state index in [1.165, 1.54) is 0 Å². The summed E-state index contributed by atoms with van der Waals surface area (Å²) >= 11 is 0. The lowest BCUT2D eigenvalue weighted by Gasteiger charge is -2.37. The Kier molecular flexibility index (Phi) is 6.77. The van der Waals surface area contributed by atoms with Crippen molar-refractivity contribution < 1.29 is 8.42 Å². The van der Waals surface area contributed by atoms with Crippen LogP contribution in [0.5, 0.6) is 0 Å². The summed E-state index contributed by atoms with van der Waals surface area (Å²) in [6, 6.07) is 0.642. The van der Waals surface area contributed by atoms with E-state index < -0.39 is 9.84 Å². The van der Waals surface area contributed by atoms with Gasteiger partial charge in [0.15, 0.2) is 9.84 Å². The summed E-state index contributed by atoms with van der Waals surface area (Å²) in [6.45, 7) is 11.5. The minimum atomic E-state index is -2.79. The highest BCUT2D eigenvalue weighted by Crippen LogP contribution is 2.17. The maximum atomic E-state index is 11.6. The number of sulfone groups is 1. The molecule has 5 heteroatoms. The zero-order valence-electron chi connectivity index (χ0n) is 12.9. The molecule has 1 fully saturated rings. The molecule has 1 N–H and O–H groups in total. The molecule has 0 aliphatic carbocycles. The fourth-order valence-corrected chi connectivity index (χ4v) is 4.33. The Balaban J connectivity index is 2.24. The second kappa shape index (κ2) is 7.60. The third-order valence-corrected chi connectivity index (χ3v) is 5.61. The lowest BCUT2D eigenvalue weighted by Crippen LogP contribution is -2.50. The van der Waals surface area contributed by atoms with Crippen molar-refractivity contribution >= 4 is 9.84 Å². The highest BCUT2D eigenvalue weighted by Gasteiger charge is 2.30. The topological polar surface area (TPSA) is 49.4 Å². The molecular weight excluding hydrogens is 260 g/mol. The van der Waals surface area contributed by atoms with Gasteiger partial charge in [-0.15, -0.1) is 0 Å². The zero-order chi connectivity index (χ0) is 14.5. The van der Waals surface area contributed by atoms with Crippen molar-refractivity contribution in [2.45, 2.75) is 52.6 Å². The van der Waals surface area contributed by atoms with E-state index in [9.17, 15) is 8.42 Å². The van der Waals surface area contributed by atoms with E-state index >= 15 is 0 Å². The van der Waals surface area contributed by atoms with E-state index in [0.717, 1.165) is 25.9 Å². The summed E-state index contributed by atoms with van der Waals surface area (Å²) in [5, 5.41) is 3.45. The first kappa shape index (κ1) is 16.9. The van der Waals surface area contributed by atoms with Crippen molar-refractivity contribution in [2.75, 3.05) is 31.1 Å². The van der Waals surface area contributed by atoms with Crippen LogP contribution in [0.4, 0.5) is 0 Å². The van der Waals surface area contributed by atoms with E-state index in [2.05, 4.69) is 31.0 Å². The molecule has 0 radical (unpaired) electrons. The van der Waals surface area contributed by atoms with Crippen molar-refractivity contribution in [3.05, 3.63) is 0 Å². The summed E-state index contributed by atoms with van der Waals surface area (Å²) in [7, 11) is -2.79. The Labute approximate surface area is 118 Å². The quantitative estimate of drug-likeness (QED) is 0.722. The maximum Gasteiger partial charge on any atom is 0.153 e. The largest absolute Gasteiger partial charge is 0.316 e. The Bertz CT molecular complexity index is 354. The standard InChI is InChI=1S/C14H30N2O2S/c1-12(2)10-15-7-5-6-13(3)16-8-9-19(17,18)11-14(16)4/h12-15H,5-11H2,1-4H3. The minimum absolute atomic E-state index is 0.164. The van der Waals surface area contributed by atoms with Gasteiger partial charge in [-0.05, 0) is 45.7 Å². The van der Waals surface area contributed by atoms with Gasteiger partial charge in [0.1, 0.15) is 0 Å². The van der Waals surface area contributed by atoms with Crippen molar-refractivity contribution in [1.82, 2.24) is 10.2 Å².